The summed E-state index contributed by atoms with van der Waals surface area (Å²) < 4.78 is 1.000. The van der Waals surface area contributed by atoms with Crippen LogP contribution in [0.2, 0.25) is 0 Å². The molecule has 2 fully saturated rings. The van der Waals surface area contributed by atoms with Crippen LogP contribution >= 0.6 is 11.3 Å². The van der Waals surface area contributed by atoms with E-state index in [4.69, 9.17) is 0 Å². The minimum atomic E-state index is -0.845. The number of aromatic nitrogens is 1. The summed E-state index contributed by atoms with van der Waals surface area (Å²) in [6, 6.07) is 5.54. The number of carbonyl (C=O) groups is 3. The molecule has 1 aromatic heterocycles. The number of imide groups is 1. The van der Waals surface area contributed by atoms with Crippen molar-refractivity contribution in [1.29, 1.82) is 0 Å². The fraction of sp³-hybridized carbons (Fsp3) is 0.500. The molecule has 148 valence electrons. The molecule has 0 bridgehead atoms. The number of aryl methyl sites for hydroxylation is 1. The van der Waals surface area contributed by atoms with Crippen molar-refractivity contribution in [2.75, 3.05) is 11.9 Å². The molecule has 1 spiro atoms. The van der Waals surface area contributed by atoms with Gasteiger partial charge in [0.15, 0.2) is 5.13 Å². The number of urea groups is 1. The van der Waals surface area contributed by atoms with Crippen molar-refractivity contribution in [3.63, 3.8) is 0 Å². The van der Waals surface area contributed by atoms with Gasteiger partial charge in [-0.1, -0.05) is 44.1 Å². The molecule has 2 aliphatic rings. The molecule has 4 rings (SSSR count). The standard InChI is InChI=1S/C20H24N4O3S/c1-3-13-7-8-14-15(10-13)28-18(21-14)22-16(25)11-24-17(26)20(23-19(24)27)9-5-4-6-12(20)2/h7-8,10,12H,3-6,9,11H2,1-2H3,(H,23,27)(H,21,22,25)/t12-,20+/m1/s1. The molecule has 7 nitrogen and oxygen atoms in total. The lowest BCUT2D eigenvalue weighted by Gasteiger charge is -2.36. The predicted octanol–water partition coefficient (Wildman–Crippen LogP) is 3.30. The van der Waals surface area contributed by atoms with Gasteiger partial charge in [-0.05, 0) is 42.9 Å². The van der Waals surface area contributed by atoms with E-state index in [1.54, 1.807) is 0 Å². The van der Waals surface area contributed by atoms with Crippen LogP contribution in [0, 0.1) is 5.92 Å². The Morgan fingerprint density at radius 1 is 1.39 bits per heavy atom. The van der Waals surface area contributed by atoms with Crippen LogP contribution in [0.15, 0.2) is 18.2 Å². The highest BCUT2D eigenvalue weighted by molar-refractivity contribution is 7.22. The number of nitrogens with one attached hydrogen (secondary N) is 2. The van der Waals surface area contributed by atoms with Crippen molar-refractivity contribution in [2.24, 2.45) is 5.92 Å². The Morgan fingerprint density at radius 2 is 2.21 bits per heavy atom. The summed E-state index contributed by atoms with van der Waals surface area (Å²) in [4.78, 5) is 43.3. The maximum absolute atomic E-state index is 13.0. The molecule has 1 saturated carbocycles. The third-order valence-corrected chi connectivity index (χ3v) is 6.84. The number of hydrogen-bond donors (Lipinski definition) is 2. The molecule has 28 heavy (non-hydrogen) atoms. The van der Waals surface area contributed by atoms with Gasteiger partial charge in [-0.25, -0.2) is 9.78 Å². The lowest BCUT2D eigenvalue weighted by molar-refractivity contribution is -0.136. The smallest absolute Gasteiger partial charge is 0.323 e. The van der Waals surface area contributed by atoms with E-state index in [1.165, 1.54) is 16.9 Å². The van der Waals surface area contributed by atoms with Gasteiger partial charge in [0.2, 0.25) is 5.91 Å². The lowest BCUT2D eigenvalue weighted by atomic mass is 9.73. The van der Waals surface area contributed by atoms with E-state index in [0.717, 1.165) is 40.8 Å². The number of thiazole rings is 1. The number of amides is 4. The largest absolute Gasteiger partial charge is 0.325 e. The molecule has 8 heteroatoms. The van der Waals surface area contributed by atoms with Crippen molar-refractivity contribution in [2.45, 2.75) is 51.5 Å². The van der Waals surface area contributed by atoms with Gasteiger partial charge >= 0.3 is 6.03 Å². The Kier molecular flexibility index (Phi) is 4.82. The Morgan fingerprint density at radius 3 is 2.96 bits per heavy atom. The SMILES string of the molecule is CCc1ccc2nc(NC(=O)CN3C(=O)N[C@]4(CCCC[C@H]4C)C3=O)sc2c1. The molecule has 1 aliphatic heterocycles. The Balaban J connectivity index is 1.46. The average Bonchev–Trinajstić information content (AvgIpc) is 3.17. The number of anilines is 1. The maximum Gasteiger partial charge on any atom is 0.325 e. The Labute approximate surface area is 167 Å². The zero-order valence-corrected chi connectivity index (χ0v) is 16.9. The van der Waals surface area contributed by atoms with Crippen molar-refractivity contribution < 1.29 is 14.4 Å². The molecule has 2 N–H and O–H groups in total. The van der Waals surface area contributed by atoms with Crippen LogP contribution in [0.3, 0.4) is 0 Å². The van der Waals surface area contributed by atoms with Crippen LogP contribution in [0.4, 0.5) is 9.93 Å². The molecule has 1 aromatic carbocycles. The quantitative estimate of drug-likeness (QED) is 0.771. The van der Waals surface area contributed by atoms with Gasteiger partial charge < -0.3 is 10.6 Å². The second kappa shape index (κ2) is 7.16. The Hall–Kier alpha value is -2.48. The first-order chi connectivity index (χ1) is 13.4. The van der Waals surface area contributed by atoms with E-state index in [-0.39, 0.29) is 18.4 Å². The number of carbonyl (C=O) groups excluding carboxylic acids is 3. The average molecular weight is 401 g/mol. The van der Waals surface area contributed by atoms with E-state index < -0.39 is 17.5 Å². The second-order valence-corrected chi connectivity index (χ2v) is 8.69. The van der Waals surface area contributed by atoms with E-state index >= 15 is 0 Å². The van der Waals surface area contributed by atoms with E-state index in [1.807, 2.05) is 19.1 Å². The lowest BCUT2D eigenvalue weighted by Crippen LogP contribution is -2.54. The van der Waals surface area contributed by atoms with Gasteiger partial charge in [0.25, 0.3) is 5.91 Å². The second-order valence-electron chi connectivity index (χ2n) is 7.66. The van der Waals surface area contributed by atoms with E-state index in [0.29, 0.717) is 11.6 Å². The van der Waals surface area contributed by atoms with Crippen LogP contribution in [0.25, 0.3) is 10.2 Å². The molecule has 0 unspecified atom stereocenters. The van der Waals surface area contributed by atoms with Crippen LogP contribution in [0.1, 0.15) is 45.1 Å². The van der Waals surface area contributed by atoms with E-state index in [9.17, 15) is 14.4 Å². The van der Waals surface area contributed by atoms with Crippen LogP contribution in [0.5, 0.6) is 0 Å². The van der Waals surface area contributed by atoms with Gasteiger partial charge in [0.05, 0.1) is 10.2 Å². The van der Waals surface area contributed by atoms with Gasteiger partial charge in [0.1, 0.15) is 12.1 Å². The number of rotatable bonds is 4. The fourth-order valence-corrected chi connectivity index (χ4v) is 5.13. The van der Waals surface area contributed by atoms with Crippen LogP contribution in [-0.2, 0) is 16.0 Å². The monoisotopic (exact) mass is 400 g/mol. The highest BCUT2D eigenvalue weighted by Crippen LogP contribution is 2.38. The summed E-state index contributed by atoms with van der Waals surface area (Å²) in [5.41, 5.74) is 1.19. The minimum Gasteiger partial charge on any atom is -0.323 e. The van der Waals surface area contributed by atoms with Crippen LogP contribution < -0.4 is 10.6 Å². The summed E-state index contributed by atoms with van der Waals surface area (Å²) in [5, 5.41) is 6.07. The highest BCUT2D eigenvalue weighted by atomic mass is 32.1. The van der Waals surface area contributed by atoms with Crippen molar-refractivity contribution in [3.05, 3.63) is 23.8 Å². The molecule has 2 aromatic rings. The first kappa shape index (κ1) is 18.9. The van der Waals surface area contributed by atoms with Gasteiger partial charge in [0, 0.05) is 0 Å². The molecule has 0 radical (unpaired) electrons. The molecule has 4 amide bonds. The molecule has 2 heterocycles. The van der Waals surface area contributed by atoms with Gasteiger partial charge in [-0.3, -0.25) is 14.5 Å². The molecule has 1 saturated heterocycles. The van der Waals surface area contributed by atoms with Crippen molar-refractivity contribution in [1.82, 2.24) is 15.2 Å². The van der Waals surface area contributed by atoms with E-state index in [2.05, 4.69) is 28.6 Å². The highest BCUT2D eigenvalue weighted by Gasteiger charge is 2.55. The number of fused-ring (bicyclic) bond motifs is 1. The zero-order chi connectivity index (χ0) is 19.9. The van der Waals surface area contributed by atoms with Crippen LogP contribution in [-0.4, -0.2) is 39.8 Å². The van der Waals surface area contributed by atoms with Crippen molar-refractivity contribution in [3.8, 4) is 0 Å². The number of benzene rings is 1. The topological polar surface area (TPSA) is 91.4 Å². The normalized spacial score (nSPS) is 24.8. The predicted molar refractivity (Wildman–Crippen MR) is 108 cm³/mol. The summed E-state index contributed by atoms with van der Waals surface area (Å²) in [7, 11) is 0. The number of nitrogens with zero attached hydrogens (tertiary/aromatic N) is 2. The third kappa shape index (κ3) is 3.15. The third-order valence-electron chi connectivity index (χ3n) is 5.91. The van der Waals surface area contributed by atoms with Gasteiger partial charge in [-0.15, -0.1) is 0 Å². The first-order valence-electron chi connectivity index (χ1n) is 9.76. The molecular weight excluding hydrogens is 376 g/mol. The summed E-state index contributed by atoms with van der Waals surface area (Å²) >= 11 is 1.39. The molecule has 1 aliphatic carbocycles. The summed E-state index contributed by atoms with van der Waals surface area (Å²) in [6.45, 7) is 3.78. The van der Waals surface area contributed by atoms with Crippen molar-refractivity contribution >= 4 is 44.5 Å². The molecular formula is C20H24N4O3S. The van der Waals surface area contributed by atoms with Gasteiger partial charge in [-0.2, -0.15) is 0 Å². The minimum absolute atomic E-state index is 0.0720. The summed E-state index contributed by atoms with van der Waals surface area (Å²) in [6.07, 6.45) is 4.43. The first-order valence-corrected chi connectivity index (χ1v) is 10.6. The molecule has 2 atom stereocenters. The maximum atomic E-state index is 13.0. The summed E-state index contributed by atoms with van der Waals surface area (Å²) in [5.74, 6) is -0.627. The zero-order valence-electron chi connectivity index (χ0n) is 16.1. The fourth-order valence-electron chi connectivity index (χ4n) is 4.18. The number of hydrogen-bond acceptors (Lipinski definition) is 5. The Bertz CT molecular complexity index is 956.